The topological polar surface area (TPSA) is 108 Å². The molecular formula is C47H87NO8P+. The van der Waals surface area contributed by atoms with Gasteiger partial charge in [-0.25, -0.2) is 4.57 Å². The summed E-state index contributed by atoms with van der Waals surface area (Å²) in [5.41, 5.74) is 0. The van der Waals surface area contributed by atoms with Crippen LogP contribution in [-0.4, -0.2) is 74.9 Å². The zero-order valence-electron chi connectivity index (χ0n) is 37.3. The van der Waals surface area contributed by atoms with Crippen LogP contribution >= 0.6 is 7.82 Å². The molecule has 0 aromatic heterocycles. The summed E-state index contributed by atoms with van der Waals surface area (Å²) in [4.78, 5) is 35.4. The number of nitrogens with zero attached hydrogens (tertiary/aromatic N) is 1. The Kier molecular flexibility index (Phi) is 38.0. The van der Waals surface area contributed by atoms with Crippen molar-refractivity contribution in [2.24, 2.45) is 0 Å². The third kappa shape index (κ3) is 43.4. The van der Waals surface area contributed by atoms with E-state index in [1.165, 1.54) is 96.3 Å². The van der Waals surface area contributed by atoms with E-state index in [-0.39, 0.29) is 32.0 Å². The lowest BCUT2D eigenvalue weighted by Gasteiger charge is -2.24. The Bertz CT molecular complexity index is 1110. The second-order valence-electron chi connectivity index (χ2n) is 16.4. The van der Waals surface area contributed by atoms with Crippen molar-refractivity contribution in [3.05, 3.63) is 48.6 Å². The molecule has 0 bridgehead atoms. The Morgan fingerprint density at radius 2 is 0.947 bits per heavy atom. The van der Waals surface area contributed by atoms with Gasteiger partial charge < -0.3 is 18.9 Å². The largest absolute Gasteiger partial charge is 0.472 e. The van der Waals surface area contributed by atoms with Gasteiger partial charge in [0.2, 0.25) is 0 Å². The van der Waals surface area contributed by atoms with Crippen molar-refractivity contribution >= 4 is 19.8 Å². The molecule has 0 heterocycles. The van der Waals surface area contributed by atoms with Gasteiger partial charge in [0, 0.05) is 12.8 Å². The van der Waals surface area contributed by atoms with Crippen LogP contribution < -0.4 is 0 Å². The molecule has 0 radical (unpaired) electrons. The molecule has 0 aromatic carbocycles. The second-order valence-corrected chi connectivity index (χ2v) is 17.9. The van der Waals surface area contributed by atoms with Crippen molar-refractivity contribution in [1.29, 1.82) is 0 Å². The van der Waals surface area contributed by atoms with Crippen LogP contribution in [0.1, 0.15) is 187 Å². The van der Waals surface area contributed by atoms with E-state index in [2.05, 4.69) is 62.5 Å². The summed E-state index contributed by atoms with van der Waals surface area (Å²) in [6.07, 6.45) is 45.8. The SMILES string of the molecule is CCCCC/C=C/C/C=C/C/C=C/C/C=C/CCCCCC(=O)O[C@H](COC(=O)CCCCCCCCCCCCCCCC)COP(=O)(O)OCC[N+](C)(C)C. The van der Waals surface area contributed by atoms with Gasteiger partial charge >= 0.3 is 19.8 Å². The summed E-state index contributed by atoms with van der Waals surface area (Å²) in [7, 11) is 1.45. The van der Waals surface area contributed by atoms with E-state index in [1.807, 2.05) is 21.1 Å². The number of phosphoric ester groups is 1. The van der Waals surface area contributed by atoms with Gasteiger partial charge in [-0.15, -0.1) is 0 Å². The van der Waals surface area contributed by atoms with E-state index in [9.17, 15) is 19.0 Å². The van der Waals surface area contributed by atoms with Crippen molar-refractivity contribution in [1.82, 2.24) is 0 Å². The molecule has 0 fully saturated rings. The van der Waals surface area contributed by atoms with Gasteiger partial charge in [0.15, 0.2) is 6.10 Å². The third-order valence-corrected chi connectivity index (χ3v) is 10.6. The van der Waals surface area contributed by atoms with Crippen molar-refractivity contribution in [2.45, 2.75) is 193 Å². The molecule has 0 rings (SSSR count). The average Bonchev–Trinajstić information content (AvgIpc) is 3.16. The van der Waals surface area contributed by atoms with Crippen LogP contribution in [0.4, 0.5) is 0 Å². The molecule has 2 atom stereocenters. The zero-order valence-corrected chi connectivity index (χ0v) is 38.2. The first kappa shape index (κ1) is 55.0. The molecule has 0 saturated heterocycles. The average molecular weight is 825 g/mol. The summed E-state index contributed by atoms with van der Waals surface area (Å²) in [6, 6.07) is 0. The first-order chi connectivity index (χ1) is 27.5. The molecule has 1 N–H and O–H groups in total. The summed E-state index contributed by atoms with van der Waals surface area (Å²) < 4.78 is 34.3. The molecule has 1 unspecified atom stereocenters. The maximum Gasteiger partial charge on any atom is 0.472 e. The molecule has 0 saturated carbocycles. The lowest BCUT2D eigenvalue weighted by atomic mass is 10.0. The number of esters is 2. The molecule has 0 spiro atoms. The lowest BCUT2D eigenvalue weighted by Crippen LogP contribution is -2.37. The van der Waals surface area contributed by atoms with E-state index in [0.717, 1.165) is 57.8 Å². The number of quaternary nitrogens is 1. The maximum absolute atomic E-state index is 12.7. The van der Waals surface area contributed by atoms with Crippen LogP contribution in [0.3, 0.4) is 0 Å². The third-order valence-electron chi connectivity index (χ3n) is 9.61. The van der Waals surface area contributed by atoms with Crippen molar-refractivity contribution in [3.8, 4) is 0 Å². The highest BCUT2D eigenvalue weighted by atomic mass is 31.2. The molecule has 0 aliphatic rings. The summed E-state index contributed by atoms with van der Waals surface area (Å²) in [5, 5.41) is 0. The van der Waals surface area contributed by atoms with E-state index < -0.39 is 26.5 Å². The Hall–Kier alpha value is -2.03. The van der Waals surface area contributed by atoms with Crippen LogP contribution in [0.5, 0.6) is 0 Å². The van der Waals surface area contributed by atoms with Crippen LogP contribution in [-0.2, 0) is 32.7 Å². The Morgan fingerprint density at radius 3 is 1.44 bits per heavy atom. The predicted octanol–water partition coefficient (Wildman–Crippen LogP) is 13.1. The number of hydrogen-bond acceptors (Lipinski definition) is 7. The van der Waals surface area contributed by atoms with Crippen LogP contribution in [0.15, 0.2) is 48.6 Å². The second kappa shape index (κ2) is 39.4. The fourth-order valence-electron chi connectivity index (χ4n) is 6.00. The Labute approximate surface area is 350 Å². The maximum atomic E-state index is 12.7. The van der Waals surface area contributed by atoms with Gasteiger partial charge in [0.1, 0.15) is 19.8 Å². The normalized spacial score (nSPS) is 14.0. The fraction of sp³-hybridized carbons (Fsp3) is 0.787. The van der Waals surface area contributed by atoms with Crippen LogP contribution in [0.2, 0.25) is 0 Å². The van der Waals surface area contributed by atoms with E-state index in [1.54, 1.807) is 0 Å². The number of allylic oxidation sites excluding steroid dienone is 8. The highest BCUT2D eigenvalue weighted by Gasteiger charge is 2.27. The molecule has 10 heteroatoms. The Balaban J connectivity index is 4.41. The van der Waals surface area contributed by atoms with E-state index in [4.69, 9.17) is 18.5 Å². The Morgan fingerprint density at radius 1 is 0.544 bits per heavy atom. The summed E-state index contributed by atoms with van der Waals surface area (Å²) in [6.45, 7) is 4.36. The van der Waals surface area contributed by atoms with Crippen LogP contribution in [0.25, 0.3) is 0 Å². The minimum absolute atomic E-state index is 0.0248. The highest BCUT2D eigenvalue weighted by molar-refractivity contribution is 7.47. The molecule has 0 amide bonds. The molecule has 332 valence electrons. The molecular weight excluding hydrogens is 737 g/mol. The van der Waals surface area contributed by atoms with Gasteiger partial charge in [-0.2, -0.15) is 0 Å². The van der Waals surface area contributed by atoms with E-state index in [0.29, 0.717) is 17.4 Å². The summed E-state index contributed by atoms with van der Waals surface area (Å²) in [5.74, 6) is -0.832. The van der Waals surface area contributed by atoms with Gasteiger partial charge in [-0.1, -0.05) is 165 Å². The number of unbranched alkanes of at least 4 members (excludes halogenated alkanes) is 19. The smallest absolute Gasteiger partial charge is 0.462 e. The number of hydrogen-bond donors (Lipinski definition) is 1. The lowest BCUT2D eigenvalue weighted by molar-refractivity contribution is -0.870. The molecule has 57 heavy (non-hydrogen) atoms. The first-order valence-electron chi connectivity index (χ1n) is 22.9. The number of carbonyl (C=O) groups excluding carboxylic acids is 2. The highest BCUT2D eigenvalue weighted by Crippen LogP contribution is 2.43. The van der Waals surface area contributed by atoms with Gasteiger partial charge in [0.05, 0.1) is 27.7 Å². The number of rotatable bonds is 41. The molecule has 0 aliphatic heterocycles. The monoisotopic (exact) mass is 825 g/mol. The minimum Gasteiger partial charge on any atom is -0.462 e. The fourth-order valence-corrected chi connectivity index (χ4v) is 6.74. The summed E-state index contributed by atoms with van der Waals surface area (Å²) >= 11 is 0. The van der Waals surface area contributed by atoms with Gasteiger partial charge in [0.25, 0.3) is 0 Å². The predicted molar refractivity (Wildman–Crippen MR) is 238 cm³/mol. The zero-order chi connectivity index (χ0) is 42.1. The van der Waals surface area contributed by atoms with Gasteiger partial charge in [-0.05, 0) is 57.8 Å². The number of phosphoric acid groups is 1. The van der Waals surface area contributed by atoms with Crippen molar-refractivity contribution in [3.63, 3.8) is 0 Å². The molecule has 9 nitrogen and oxygen atoms in total. The van der Waals surface area contributed by atoms with Crippen molar-refractivity contribution < 1.29 is 42.1 Å². The van der Waals surface area contributed by atoms with E-state index >= 15 is 0 Å². The first-order valence-corrected chi connectivity index (χ1v) is 24.4. The quantitative estimate of drug-likeness (QED) is 0.0213. The number of carbonyl (C=O) groups is 2. The minimum atomic E-state index is -4.38. The molecule has 0 aromatic rings. The van der Waals surface area contributed by atoms with Crippen LogP contribution in [0, 0.1) is 0 Å². The standard InChI is InChI=1S/C47H86NO8P/c1-6-8-10-12-14-16-18-20-22-23-24-25-26-28-30-32-34-36-38-40-47(50)56-45(44-55-57(51,52)54-42-41-48(3,4)5)43-53-46(49)39-37-35-33-31-29-27-21-19-17-15-13-11-9-7-2/h14,16,20,22,24-25,28,30,45H,6-13,15,17-19,21,23,26-27,29,31-44H2,1-5H3/p+1/b16-14+,22-20+,25-24+,30-28+/t45-/m1/s1. The number of ether oxygens (including phenoxy) is 2. The number of likely N-dealkylation sites (N-methyl/N-ethyl adjacent to an activating group) is 1. The van der Waals surface area contributed by atoms with Crippen molar-refractivity contribution in [2.75, 3.05) is 47.5 Å². The molecule has 0 aliphatic carbocycles. The van der Waals surface area contributed by atoms with Gasteiger partial charge in [-0.3, -0.25) is 18.6 Å².